The minimum atomic E-state index is -0.345. The zero-order chi connectivity index (χ0) is 18.3. The minimum absolute atomic E-state index is 0.0239. The SMILES string of the molecule is Cc1cc(F)ccc1N1CCC(N2CCN3C(=O)CNC(=O)[C@@H]3C2)CC1. The van der Waals surface area contributed by atoms with Crippen LogP contribution in [0.15, 0.2) is 18.2 Å². The number of anilines is 1. The molecule has 0 spiro atoms. The van der Waals surface area contributed by atoms with Crippen LogP contribution in [0.4, 0.5) is 10.1 Å². The van der Waals surface area contributed by atoms with E-state index in [1.54, 1.807) is 11.0 Å². The van der Waals surface area contributed by atoms with Crippen LogP contribution in [0, 0.1) is 12.7 Å². The number of benzene rings is 1. The molecule has 1 N–H and O–H groups in total. The molecule has 3 aliphatic rings. The maximum absolute atomic E-state index is 13.3. The zero-order valence-electron chi connectivity index (χ0n) is 15.1. The molecule has 3 aliphatic heterocycles. The number of hydrogen-bond acceptors (Lipinski definition) is 4. The van der Waals surface area contributed by atoms with Crippen LogP contribution in [-0.2, 0) is 9.59 Å². The van der Waals surface area contributed by atoms with E-state index in [0.29, 0.717) is 19.1 Å². The molecule has 6 nitrogen and oxygen atoms in total. The number of nitrogens with zero attached hydrogens (tertiary/aromatic N) is 3. The summed E-state index contributed by atoms with van der Waals surface area (Å²) in [5.74, 6) is -0.205. The largest absolute Gasteiger partial charge is 0.371 e. The molecule has 0 bridgehead atoms. The summed E-state index contributed by atoms with van der Waals surface area (Å²) in [6.07, 6.45) is 2.03. The predicted molar refractivity (Wildman–Crippen MR) is 96.5 cm³/mol. The van der Waals surface area contributed by atoms with E-state index in [1.807, 2.05) is 13.0 Å². The molecule has 26 heavy (non-hydrogen) atoms. The number of piperazine rings is 2. The molecule has 7 heteroatoms. The fourth-order valence-corrected chi connectivity index (χ4v) is 4.49. The highest BCUT2D eigenvalue weighted by molar-refractivity contribution is 5.95. The molecule has 1 aromatic rings. The van der Waals surface area contributed by atoms with Gasteiger partial charge in [0.15, 0.2) is 0 Å². The monoisotopic (exact) mass is 360 g/mol. The van der Waals surface area contributed by atoms with Gasteiger partial charge in [-0.15, -0.1) is 0 Å². The number of nitrogens with one attached hydrogen (secondary N) is 1. The Balaban J connectivity index is 1.38. The number of halogens is 1. The molecule has 1 atom stereocenters. The van der Waals surface area contributed by atoms with Crippen molar-refractivity contribution in [2.45, 2.75) is 31.8 Å². The highest BCUT2D eigenvalue weighted by atomic mass is 19.1. The Hall–Kier alpha value is -2.15. The van der Waals surface area contributed by atoms with Gasteiger partial charge in [-0.3, -0.25) is 14.5 Å². The van der Waals surface area contributed by atoms with Gasteiger partial charge < -0.3 is 15.1 Å². The van der Waals surface area contributed by atoms with E-state index in [9.17, 15) is 14.0 Å². The molecule has 0 saturated carbocycles. The molecule has 1 aromatic carbocycles. The number of amides is 2. The van der Waals surface area contributed by atoms with Crippen molar-refractivity contribution in [1.29, 1.82) is 0 Å². The first kappa shape index (κ1) is 17.3. The van der Waals surface area contributed by atoms with Crippen LogP contribution >= 0.6 is 0 Å². The molecule has 3 saturated heterocycles. The number of rotatable bonds is 2. The van der Waals surface area contributed by atoms with Gasteiger partial charge in [-0.25, -0.2) is 4.39 Å². The standard InChI is InChI=1S/C19H25FN4O2/c1-13-10-14(20)2-3-16(13)22-6-4-15(5-7-22)23-8-9-24-17(12-23)19(26)21-11-18(24)25/h2-3,10,15,17H,4-9,11-12H2,1H3,(H,21,26)/t17-/m0/s1. The van der Waals surface area contributed by atoms with E-state index in [-0.39, 0.29) is 30.2 Å². The molecule has 2 amide bonds. The molecule has 0 aliphatic carbocycles. The maximum atomic E-state index is 13.3. The molecule has 0 radical (unpaired) electrons. The van der Waals surface area contributed by atoms with Gasteiger partial charge in [0.1, 0.15) is 11.9 Å². The summed E-state index contributed by atoms with van der Waals surface area (Å²) in [6, 6.07) is 5.05. The summed E-state index contributed by atoms with van der Waals surface area (Å²) < 4.78 is 13.3. The molecular formula is C19H25FN4O2. The summed E-state index contributed by atoms with van der Waals surface area (Å²) in [5.41, 5.74) is 2.07. The third-order valence-electron chi connectivity index (χ3n) is 5.93. The molecular weight excluding hydrogens is 335 g/mol. The lowest BCUT2D eigenvalue weighted by molar-refractivity contribution is -0.149. The van der Waals surface area contributed by atoms with Crippen molar-refractivity contribution in [3.8, 4) is 0 Å². The quantitative estimate of drug-likeness (QED) is 0.846. The first-order valence-corrected chi connectivity index (χ1v) is 9.35. The number of aryl methyl sites for hydroxylation is 1. The Morgan fingerprint density at radius 2 is 1.88 bits per heavy atom. The van der Waals surface area contributed by atoms with Crippen LogP contribution < -0.4 is 10.2 Å². The van der Waals surface area contributed by atoms with Crippen molar-refractivity contribution in [1.82, 2.24) is 15.1 Å². The summed E-state index contributed by atoms with van der Waals surface area (Å²) in [6.45, 7) is 6.01. The lowest BCUT2D eigenvalue weighted by Gasteiger charge is -2.47. The second-order valence-corrected chi connectivity index (χ2v) is 7.46. The van der Waals surface area contributed by atoms with E-state index in [0.717, 1.165) is 43.7 Å². The average Bonchev–Trinajstić information content (AvgIpc) is 2.65. The molecule has 3 heterocycles. The highest BCUT2D eigenvalue weighted by Gasteiger charge is 2.40. The molecule has 140 valence electrons. The van der Waals surface area contributed by atoms with Crippen molar-refractivity contribution < 1.29 is 14.0 Å². The Labute approximate surface area is 152 Å². The lowest BCUT2D eigenvalue weighted by atomic mass is 9.98. The van der Waals surface area contributed by atoms with Gasteiger partial charge in [-0.1, -0.05) is 0 Å². The third-order valence-corrected chi connectivity index (χ3v) is 5.93. The summed E-state index contributed by atoms with van der Waals surface area (Å²) in [4.78, 5) is 30.5. The zero-order valence-corrected chi connectivity index (χ0v) is 15.1. The van der Waals surface area contributed by atoms with Crippen molar-refractivity contribution in [3.05, 3.63) is 29.6 Å². The van der Waals surface area contributed by atoms with E-state index in [1.165, 1.54) is 6.07 Å². The Bertz CT molecular complexity index is 717. The number of carbonyl (C=O) groups is 2. The van der Waals surface area contributed by atoms with Gasteiger partial charge in [-0.2, -0.15) is 0 Å². The van der Waals surface area contributed by atoms with Crippen LogP contribution in [0.5, 0.6) is 0 Å². The number of hydrogen-bond donors (Lipinski definition) is 1. The van der Waals surface area contributed by atoms with Gasteiger partial charge in [-0.05, 0) is 43.5 Å². The number of fused-ring (bicyclic) bond motifs is 1. The van der Waals surface area contributed by atoms with Crippen LogP contribution in [0.25, 0.3) is 0 Å². The van der Waals surface area contributed by atoms with Gasteiger partial charge in [0.2, 0.25) is 11.8 Å². The topological polar surface area (TPSA) is 55.9 Å². The number of carbonyl (C=O) groups excluding carboxylic acids is 2. The van der Waals surface area contributed by atoms with E-state index in [2.05, 4.69) is 15.1 Å². The fraction of sp³-hybridized carbons (Fsp3) is 0.579. The second kappa shape index (κ2) is 6.87. The van der Waals surface area contributed by atoms with Gasteiger partial charge in [0.05, 0.1) is 6.54 Å². The van der Waals surface area contributed by atoms with Gasteiger partial charge >= 0.3 is 0 Å². The van der Waals surface area contributed by atoms with E-state index < -0.39 is 0 Å². The second-order valence-electron chi connectivity index (χ2n) is 7.46. The molecule has 0 unspecified atom stereocenters. The Morgan fingerprint density at radius 3 is 2.62 bits per heavy atom. The average molecular weight is 360 g/mol. The predicted octanol–water partition coefficient (Wildman–Crippen LogP) is 0.746. The van der Waals surface area contributed by atoms with Crippen LogP contribution in [-0.4, -0.2) is 73.0 Å². The van der Waals surface area contributed by atoms with Crippen LogP contribution in [0.1, 0.15) is 18.4 Å². The van der Waals surface area contributed by atoms with E-state index >= 15 is 0 Å². The van der Waals surface area contributed by atoms with Crippen molar-refractivity contribution in [2.24, 2.45) is 0 Å². The molecule has 4 rings (SSSR count). The summed E-state index contributed by atoms with van der Waals surface area (Å²) in [7, 11) is 0. The van der Waals surface area contributed by atoms with Gasteiger partial charge in [0, 0.05) is 44.5 Å². The van der Waals surface area contributed by atoms with E-state index in [4.69, 9.17) is 0 Å². The summed E-state index contributed by atoms with van der Waals surface area (Å²) in [5, 5.41) is 2.70. The van der Waals surface area contributed by atoms with Crippen molar-refractivity contribution in [3.63, 3.8) is 0 Å². The Morgan fingerprint density at radius 1 is 1.12 bits per heavy atom. The third kappa shape index (κ3) is 3.16. The van der Waals surface area contributed by atoms with Gasteiger partial charge in [0.25, 0.3) is 0 Å². The lowest BCUT2D eigenvalue weighted by Crippen LogP contribution is -2.67. The highest BCUT2D eigenvalue weighted by Crippen LogP contribution is 2.27. The Kier molecular flexibility index (Phi) is 4.56. The van der Waals surface area contributed by atoms with Crippen LogP contribution in [0.2, 0.25) is 0 Å². The normalized spacial score (nSPS) is 25.2. The maximum Gasteiger partial charge on any atom is 0.244 e. The van der Waals surface area contributed by atoms with Crippen molar-refractivity contribution >= 4 is 17.5 Å². The first-order chi connectivity index (χ1) is 12.5. The summed E-state index contributed by atoms with van der Waals surface area (Å²) >= 11 is 0. The molecule has 3 fully saturated rings. The molecule has 0 aromatic heterocycles. The minimum Gasteiger partial charge on any atom is -0.371 e. The number of piperidine rings is 1. The van der Waals surface area contributed by atoms with Crippen LogP contribution in [0.3, 0.4) is 0 Å². The smallest absolute Gasteiger partial charge is 0.244 e. The first-order valence-electron chi connectivity index (χ1n) is 9.35. The fourth-order valence-electron chi connectivity index (χ4n) is 4.49. The van der Waals surface area contributed by atoms with Crippen molar-refractivity contribution in [2.75, 3.05) is 44.2 Å².